The van der Waals surface area contributed by atoms with Crippen LogP contribution in [0.25, 0.3) is 0 Å². The lowest BCUT2D eigenvalue weighted by Gasteiger charge is -2.35. The number of hydrogen-bond donors (Lipinski definition) is 3. The largest absolute Gasteiger partial charge is 0.481 e. The van der Waals surface area contributed by atoms with Crippen molar-refractivity contribution in [3.63, 3.8) is 0 Å². The quantitative estimate of drug-likeness (QED) is 0.165. The molecule has 0 saturated carbocycles. The van der Waals surface area contributed by atoms with Crippen molar-refractivity contribution in [3.05, 3.63) is 0 Å². The molecular weight excluding hydrogens is 368 g/mol. The van der Waals surface area contributed by atoms with Gasteiger partial charge in [0.25, 0.3) is 0 Å². The van der Waals surface area contributed by atoms with Gasteiger partial charge in [-0.05, 0) is 6.42 Å². The Hall–Kier alpha value is -1.14. The van der Waals surface area contributed by atoms with Crippen molar-refractivity contribution in [2.75, 3.05) is 27.7 Å². The third-order valence-corrected chi connectivity index (χ3v) is 5.06. The van der Waals surface area contributed by atoms with E-state index in [0.29, 0.717) is 10.9 Å². The molecule has 0 saturated heterocycles. The van der Waals surface area contributed by atoms with Gasteiger partial charge in [-0.3, -0.25) is 9.59 Å². The normalized spacial score (nSPS) is 13.8. The number of carbonyl (C=O) groups is 2. The van der Waals surface area contributed by atoms with Gasteiger partial charge < -0.3 is 20.0 Å². The highest BCUT2D eigenvalue weighted by atomic mass is 16.4. The Morgan fingerprint density at radius 2 is 1.21 bits per heavy atom. The summed E-state index contributed by atoms with van der Waals surface area (Å²) >= 11 is 0. The first-order valence-electron chi connectivity index (χ1n) is 11.6. The number of aliphatic carboxylic acids is 1. The lowest BCUT2D eigenvalue weighted by Crippen LogP contribution is -2.59. The van der Waals surface area contributed by atoms with Gasteiger partial charge in [-0.25, -0.2) is 0 Å². The first-order valence-corrected chi connectivity index (χ1v) is 11.6. The van der Waals surface area contributed by atoms with Crippen molar-refractivity contribution in [2.45, 2.75) is 109 Å². The Bertz CT molecular complexity index is 449. The zero-order valence-corrected chi connectivity index (χ0v) is 19.5. The average molecular weight is 416 g/mol. The summed E-state index contributed by atoms with van der Waals surface area (Å²) in [7, 11) is 5.56. The fraction of sp³-hybridized carbons (Fsp3) is 0.913. The van der Waals surface area contributed by atoms with Crippen LogP contribution in [0.5, 0.6) is 0 Å². The minimum atomic E-state index is -1.71. The first kappa shape index (κ1) is 27.9. The van der Waals surface area contributed by atoms with Gasteiger partial charge in [-0.15, -0.1) is 0 Å². The molecule has 0 aromatic carbocycles. The van der Waals surface area contributed by atoms with E-state index in [9.17, 15) is 14.7 Å². The highest BCUT2D eigenvalue weighted by Gasteiger charge is 2.37. The Morgan fingerprint density at radius 3 is 1.59 bits per heavy atom. The van der Waals surface area contributed by atoms with Crippen LogP contribution in [0.15, 0.2) is 0 Å². The molecule has 1 atom stereocenters. The van der Waals surface area contributed by atoms with Gasteiger partial charge in [0, 0.05) is 6.42 Å². The van der Waals surface area contributed by atoms with E-state index in [1.807, 2.05) is 21.1 Å². The van der Waals surface area contributed by atoms with E-state index in [1.165, 1.54) is 64.2 Å². The van der Waals surface area contributed by atoms with Gasteiger partial charge in [0.05, 0.1) is 27.6 Å². The van der Waals surface area contributed by atoms with Crippen LogP contribution in [-0.4, -0.2) is 60.0 Å². The van der Waals surface area contributed by atoms with E-state index >= 15 is 0 Å². The van der Waals surface area contributed by atoms with Crippen molar-refractivity contribution in [1.29, 1.82) is 0 Å². The second-order valence-electron chi connectivity index (χ2n) is 9.59. The van der Waals surface area contributed by atoms with Crippen molar-refractivity contribution in [3.8, 4) is 0 Å². The van der Waals surface area contributed by atoms with Gasteiger partial charge >= 0.3 is 5.97 Å². The van der Waals surface area contributed by atoms with E-state index < -0.39 is 18.1 Å². The molecule has 3 N–H and O–H groups in total. The molecule has 29 heavy (non-hydrogen) atoms. The van der Waals surface area contributed by atoms with Crippen molar-refractivity contribution in [1.82, 2.24) is 5.32 Å². The number of unbranched alkanes of at least 4 members (excludes halogenated alkanes) is 12. The number of aliphatic hydroxyl groups is 1. The van der Waals surface area contributed by atoms with Crippen LogP contribution < -0.4 is 5.32 Å². The summed E-state index contributed by atoms with van der Waals surface area (Å²) in [6.45, 7) is 2.39. The van der Waals surface area contributed by atoms with E-state index in [2.05, 4.69) is 12.2 Å². The molecule has 1 amide bonds. The summed E-state index contributed by atoms with van der Waals surface area (Å²) in [6, 6.07) is 0. The fourth-order valence-electron chi connectivity index (χ4n) is 3.80. The summed E-state index contributed by atoms with van der Waals surface area (Å²) < 4.78 is 0.364. The number of nitrogens with zero attached hydrogens (tertiary/aromatic N) is 1. The van der Waals surface area contributed by atoms with Crippen LogP contribution in [0, 0.1) is 0 Å². The third kappa shape index (κ3) is 18.6. The highest BCUT2D eigenvalue weighted by Crippen LogP contribution is 2.14. The number of amides is 1. The summed E-state index contributed by atoms with van der Waals surface area (Å²) in [5.41, 5.74) is -1.71. The number of carbonyl (C=O) groups excluding carboxylic acids is 1. The molecule has 0 radical (unpaired) electrons. The third-order valence-electron chi connectivity index (χ3n) is 5.06. The number of nitrogens with one attached hydrogen (secondary N) is 1. The van der Waals surface area contributed by atoms with Crippen LogP contribution in [0.3, 0.4) is 0 Å². The number of rotatable bonds is 19. The van der Waals surface area contributed by atoms with E-state index in [4.69, 9.17) is 5.11 Å². The molecule has 6 heteroatoms. The predicted molar refractivity (Wildman–Crippen MR) is 119 cm³/mol. The molecule has 0 spiro atoms. The van der Waals surface area contributed by atoms with E-state index in [1.54, 1.807) is 0 Å². The monoisotopic (exact) mass is 415 g/mol. The van der Waals surface area contributed by atoms with Crippen molar-refractivity contribution in [2.24, 2.45) is 0 Å². The maximum Gasteiger partial charge on any atom is 0.308 e. The SMILES string of the molecule is CCCCCCCCCCCCCCCC(=O)NC(O)(CC(=O)O)C[N+](C)(C)C. The topological polar surface area (TPSA) is 86.6 Å². The van der Waals surface area contributed by atoms with Crippen molar-refractivity contribution >= 4 is 11.9 Å². The Labute approximate surface area is 178 Å². The van der Waals surface area contributed by atoms with Crippen LogP contribution in [0.4, 0.5) is 0 Å². The maximum atomic E-state index is 12.2. The Balaban J connectivity index is 3.80. The zero-order valence-electron chi connectivity index (χ0n) is 19.5. The Morgan fingerprint density at radius 1 is 0.793 bits per heavy atom. The first-order chi connectivity index (χ1) is 13.6. The molecule has 0 heterocycles. The number of carboxylic acid groups (broad SMARTS) is 1. The van der Waals surface area contributed by atoms with Gasteiger partial charge in [0.15, 0.2) is 5.72 Å². The minimum Gasteiger partial charge on any atom is -0.481 e. The van der Waals surface area contributed by atoms with Gasteiger partial charge in [0.2, 0.25) is 5.91 Å². The number of likely N-dealkylation sites (N-methyl/N-ethyl adjacent to an activating group) is 1. The summed E-state index contributed by atoms with van der Waals surface area (Å²) in [4.78, 5) is 23.2. The van der Waals surface area contributed by atoms with Crippen molar-refractivity contribution < 1.29 is 24.3 Å². The molecule has 0 aliphatic heterocycles. The van der Waals surface area contributed by atoms with E-state index in [-0.39, 0.29) is 12.5 Å². The average Bonchev–Trinajstić information content (AvgIpc) is 2.56. The summed E-state index contributed by atoms with van der Waals surface area (Å²) in [5.74, 6) is -1.40. The molecule has 0 rings (SSSR count). The number of carboxylic acids is 1. The summed E-state index contributed by atoms with van der Waals surface area (Å²) in [6.07, 6.45) is 16.0. The smallest absolute Gasteiger partial charge is 0.308 e. The van der Waals surface area contributed by atoms with E-state index in [0.717, 1.165) is 19.3 Å². The molecule has 0 aliphatic carbocycles. The number of hydrogen-bond acceptors (Lipinski definition) is 3. The molecule has 0 bridgehead atoms. The highest BCUT2D eigenvalue weighted by molar-refractivity contribution is 5.77. The second kappa shape index (κ2) is 15.7. The molecule has 0 aromatic rings. The summed E-state index contributed by atoms with van der Waals surface area (Å²) in [5, 5.41) is 22.1. The van der Waals surface area contributed by atoms with Gasteiger partial charge in [0.1, 0.15) is 6.54 Å². The lowest BCUT2D eigenvalue weighted by molar-refractivity contribution is -0.877. The van der Waals surface area contributed by atoms with Gasteiger partial charge in [-0.2, -0.15) is 0 Å². The van der Waals surface area contributed by atoms with Crippen LogP contribution in [0.1, 0.15) is 103 Å². The minimum absolute atomic E-state index is 0.143. The molecular formula is C23H47N2O4+. The lowest BCUT2D eigenvalue weighted by atomic mass is 10.0. The molecule has 172 valence electrons. The standard InChI is InChI=1S/C23H46N2O4/c1-5-6-7-8-9-10-11-12-13-14-15-16-17-18-21(26)24-23(29,19-22(27)28)20-25(2,3)4/h29H,5-20H2,1-4H3,(H-,24,26,27,28)/p+1. The van der Waals surface area contributed by atoms with Crippen LogP contribution in [-0.2, 0) is 9.59 Å². The maximum absolute atomic E-state index is 12.2. The van der Waals surface area contributed by atoms with Crippen LogP contribution >= 0.6 is 0 Å². The molecule has 1 unspecified atom stereocenters. The predicted octanol–water partition coefficient (Wildman–Crippen LogP) is 4.45. The fourth-order valence-corrected chi connectivity index (χ4v) is 3.80. The molecule has 0 aliphatic rings. The molecule has 0 aromatic heterocycles. The Kier molecular flexibility index (Phi) is 15.1. The zero-order chi connectivity index (χ0) is 22.2. The number of quaternary nitrogens is 1. The molecule has 6 nitrogen and oxygen atoms in total. The second-order valence-corrected chi connectivity index (χ2v) is 9.59. The molecule has 0 fully saturated rings. The van der Waals surface area contributed by atoms with Crippen LogP contribution in [0.2, 0.25) is 0 Å². The van der Waals surface area contributed by atoms with Gasteiger partial charge in [-0.1, -0.05) is 84.0 Å².